The lowest BCUT2D eigenvalue weighted by Crippen LogP contribution is -2.32. The number of hydrogen-bond donors (Lipinski definition) is 1. The molecule has 3 heterocycles. The number of aromatic nitrogens is 3. The fourth-order valence-corrected chi connectivity index (χ4v) is 4.77. The minimum absolute atomic E-state index is 0.377. The first-order valence-electron chi connectivity index (χ1n) is 11.0. The van der Waals surface area contributed by atoms with Crippen LogP contribution < -0.4 is 5.32 Å². The molecule has 0 spiro atoms. The van der Waals surface area contributed by atoms with Crippen LogP contribution in [0.3, 0.4) is 0 Å². The van der Waals surface area contributed by atoms with Crippen LogP contribution >= 0.6 is 11.3 Å². The van der Waals surface area contributed by atoms with Crippen molar-refractivity contribution < 1.29 is 14.3 Å². The average Bonchev–Trinajstić information content (AvgIpc) is 3.26. The summed E-state index contributed by atoms with van der Waals surface area (Å²) in [6.07, 6.45) is 0.740. The number of aryl methyl sites for hydroxylation is 1. The van der Waals surface area contributed by atoms with Gasteiger partial charge in [-0.1, -0.05) is 59.9 Å². The van der Waals surface area contributed by atoms with Crippen molar-refractivity contribution in [2.75, 3.05) is 18.5 Å². The van der Waals surface area contributed by atoms with Gasteiger partial charge in [0.25, 0.3) is 5.91 Å². The molecule has 34 heavy (non-hydrogen) atoms. The Hall–Kier alpha value is -3.69. The summed E-state index contributed by atoms with van der Waals surface area (Å²) in [5.74, 6) is -0.984. The van der Waals surface area contributed by atoms with E-state index in [-0.39, 0.29) is 0 Å². The van der Waals surface area contributed by atoms with Crippen LogP contribution in [0.15, 0.2) is 54.6 Å². The van der Waals surface area contributed by atoms with Crippen molar-refractivity contribution in [2.45, 2.75) is 26.4 Å². The van der Waals surface area contributed by atoms with Crippen molar-refractivity contribution in [2.24, 2.45) is 0 Å². The van der Waals surface area contributed by atoms with Gasteiger partial charge in [-0.05, 0) is 18.6 Å². The summed E-state index contributed by atoms with van der Waals surface area (Å²) < 4.78 is 5.46. The lowest BCUT2D eigenvalue weighted by Gasteiger charge is -2.30. The van der Waals surface area contributed by atoms with Crippen molar-refractivity contribution >= 4 is 39.2 Å². The maximum atomic E-state index is 13.3. The summed E-state index contributed by atoms with van der Waals surface area (Å²) in [4.78, 5) is 32.7. The molecule has 0 bridgehead atoms. The van der Waals surface area contributed by atoms with E-state index in [0.717, 1.165) is 46.7 Å². The zero-order valence-electron chi connectivity index (χ0n) is 18.7. The number of benzene rings is 2. The molecule has 5 rings (SSSR count). The van der Waals surface area contributed by atoms with Gasteiger partial charge in [0.05, 0.1) is 11.1 Å². The van der Waals surface area contributed by atoms with Gasteiger partial charge in [0.2, 0.25) is 5.13 Å². The molecule has 0 saturated carbocycles. The van der Waals surface area contributed by atoms with Crippen LogP contribution in [0.4, 0.5) is 5.13 Å². The lowest BCUT2D eigenvalue weighted by atomic mass is 9.95. The molecular weight excluding hydrogens is 450 g/mol. The number of nitrogens with one attached hydrogen (secondary N) is 1. The number of rotatable bonds is 6. The van der Waals surface area contributed by atoms with Crippen LogP contribution in [0.2, 0.25) is 0 Å². The SMILES string of the molecule is Cc1nnc(NC(=O)COC(=O)c2c3c(nc4ccccc24)CCN(Cc2ccccc2)C3)s1. The van der Waals surface area contributed by atoms with E-state index in [1.807, 2.05) is 42.5 Å². The summed E-state index contributed by atoms with van der Waals surface area (Å²) in [7, 11) is 0. The molecule has 1 N–H and O–H groups in total. The van der Waals surface area contributed by atoms with Gasteiger partial charge in [0, 0.05) is 42.7 Å². The van der Waals surface area contributed by atoms with Crippen molar-refractivity contribution in [1.29, 1.82) is 0 Å². The van der Waals surface area contributed by atoms with E-state index in [0.29, 0.717) is 17.2 Å². The van der Waals surface area contributed by atoms with Gasteiger partial charge in [-0.2, -0.15) is 0 Å². The Balaban J connectivity index is 1.39. The number of amides is 1. The van der Waals surface area contributed by atoms with Crippen LogP contribution in [0, 0.1) is 6.92 Å². The number of ether oxygens (including phenoxy) is 1. The molecular formula is C25H23N5O3S. The first-order valence-corrected chi connectivity index (χ1v) is 11.8. The van der Waals surface area contributed by atoms with Gasteiger partial charge in [-0.25, -0.2) is 4.79 Å². The summed E-state index contributed by atoms with van der Waals surface area (Å²) in [5, 5.41) is 12.2. The molecule has 9 heteroatoms. The van der Waals surface area contributed by atoms with Gasteiger partial charge < -0.3 is 4.74 Å². The molecule has 0 atom stereocenters. The second-order valence-electron chi connectivity index (χ2n) is 8.13. The summed E-state index contributed by atoms with van der Waals surface area (Å²) in [6, 6.07) is 17.8. The molecule has 1 aliphatic rings. The van der Waals surface area contributed by atoms with Crippen LogP contribution in [0.1, 0.15) is 32.2 Å². The van der Waals surface area contributed by atoms with E-state index in [2.05, 4.69) is 32.5 Å². The number of anilines is 1. The van der Waals surface area contributed by atoms with Gasteiger partial charge in [0.1, 0.15) is 5.01 Å². The zero-order valence-corrected chi connectivity index (χ0v) is 19.5. The molecule has 1 aliphatic heterocycles. The maximum absolute atomic E-state index is 13.3. The van der Waals surface area contributed by atoms with Crippen molar-refractivity contribution in [3.63, 3.8) is 0 Å². The third-order valence-corrected chi connectivity index (χ3v) is 6.44. The predicted octanol–water partition coefficient (Wildman–Crippen LogP) is 3.75. The summed E-state index contributed by atoms with van der Waals surface area (Å²) in [5.41, 5.74) is 4.22. The van der Waals surface area contributed by atoms with E-state index in [9.17, 15) is 9.59 Å². The molecule has 4 aromatic rings. The Labute approximate surface area is 200 Å². The largest absolute Gasteiger partial charge is 0.452 e. The van der Waals surface area contributed by atoms with Crippen LogP contribution in [-0.4, -0.2) is 45.1 Å². The van der Waals surface area contributed by atoms with E-state index in [1.165, 1.54) is 16.9 Å². The van der Waals surface area contributed by atoms with Crippen molar-refractivity contribution in [3.8, 4) is 0 Å². The molecule has 0 unspecified atom stereocenters. The van der Waals surface area contributed by atoms with Crippen LogP contribution in [0.5, 0.6) is 0 Å². The topological polar surface area (TPSA) is 97.3 Å². The monoisotopic (exact) mass is 473 g/mol. The van der Waals surface area contributed by atoms with Crippen LogP contribution in [-0.2, 0) is 29.0 Å². The number of esters is 1. The Morgan fingerprint density at radius 3 is 2.68 bits per heavy atom. The Bertz CT molecular complexity index is 1360. The first kappa shape index (κ1) is 22.1. The molecule has 1 amide bonds. The van der Waals surface area contributed by atoms with Gasteiger partial charge in [-0.15, -0.1) is 10.2 Å². The average molecular weight is 474 g/mol. The number of nitrogens with zero attached hydrogens (tertiary/aromatic N) is 4. The molecule has 8 nitrogen and oxygen atoms in total. The lowest BCUT2D eigenvalue weighted by molar-refractivity contribution is -0.119. The first-order chi connectivity index (χ1) is 16.6. The number of pyridine rings is 1. The molecule has 0 fully saturated rings. The highest BCUT2D eigenvalue weighted by molar-refractivity contribution is 7.15. The Morgan fingerprint density at radius 2 is 1.88 bits per heavy atom. The standard InChI is InChI=1S/C25H23N5O3S/c1-16-28-29-25(34-16)27-22(31)15-33-24(32)23-18-9-5-6-10-20(18)26-21-11-12-30(14-19(21)23)13-17-7-3-2-4-8-17/h2-10H,11-15H2,1H3,(H,27,29,31). The van der Waals surface area contributed by atoms with Crippen molar-refractivity contribution in [1.82, 2.24) is 20.1 Å². The number of hydrogen-bond acceptors (Lipinski definition) is 8. The molecule has 0 radical (unpaired) electrons. The third-order valence-electron chi connectivity index (χ3n) is 5.69. The normalized spacial score (nSPS) is 13.4. The molecule has 0 aliphatic carbocycles. The van der Waals surface area contributed by atoms with Gasteiger partial charge in [-0.3, -0.25) is 20.0 Å². The highest BCUT2D eigenvalue weighted by Gasteiger charge is 2.27. The summed E-state index contributed by atoms with van der Waals surface area (Å²) >= 11 is 1.26. The number of carbonyl (C=O) groups excluding carboxylic acids is 2. The van der Waals surface area contributed by atoms with E-state index >= 15 is 0 Å². The minimum Gasteiger partial charge on any atom is -0.452 e. The van der Waals surface area contributed by atoms with Gasteiger partial charge in [0.15, 0.2) is 6.61 Å². The van der Waals surface area contributed by atoms with Gasteiger partial charge >= 0.3 is 5.97 Å². The highest BCUT2D eigenvalue weighted by atomic mass is 32.1. The smallest absolute Gasteiger partial charge is 0.339 e. The Kier molecular flexibility index (Phi) is 6.29. The quantitative estimate of drug-likeness (QED) is 0.426. The highest BCUT2D eigenvalue weighted by Crippen LogP contribution is 2.29. The molecule has 0 saturated heterocycles. The van der Waals surface area contributed by atoms with E-state index in [4.69, 9.17) is 9.72 Å². The second kappa shape index (κ2) is 9.66. The minimum atomic E-state index is -0.528. The van der Waals surface area contributed by atoms with Crippen molar-refractivity contribution in [3.05, 3.63) is 82.0 Å². The molecule has 2 aromatic heterocycles. The van der Waals surface area contributed by atoms with E-state index in [1.54, 1.807) is 6.92 Å². The fraction of sp³-hybridized carbons (Fsp3) is 0.240. The predicted molar refractivity (Wildman–Crippen MR) is 130 cm³/mol. The zero-order chi connectivity index (χ0) is 23.5. The third kappa shape index (κ3) is 4.80. The number of fused-ring (bicyclic) bond motifs is 2. The van der Waals surface area contributed by atoms with E-state index < -0.39 is 18.5 Å². The Morgan fingerprint density at radius 1 is 1.09 bits per heavy atom. The maximum Gasteiger partial charge on any atom is 0.339 e. The molecule has 172 valence electrons. The summed E-state index contributed by atoms with van der Waals surface area (Å²) in [6.45, 7) is 3.61. The van der Waals surface area contributed by atoms with Crippen LogP contribution in [0.25, 0.3) is 10.9 Å². The number of carbonyl (C=O) groups is 2. The number of para-hydroxylation sites is 1. The second-order valence-corrected chi connectivity index (χ2v) is 9.31. The molecule has 2 aromatic carbocycles. The fourth-order valence-electron chi connectivity index (χ4n) is 4.16.